The first kappa shape index (κ1) is 16.9. The second-order valence-electron chi connectivity index (χ2n) is 4.73. The van der Waals surface area contributed by atoms with Crippen molar-refractivity contribution < 1.29 is 18.3 Å². The van der Waals surface area contributed by atoms with Gasteiger partial charge in [-0.1, -0.05) is 18.3 Å². The van der Waals surface area contributed by atoms with E-state index in [-0.39, 0.29) is 15.8 Å². The SMILES string of the molecule is COc1ccc(Cc2cc(C(F)F)c(C#N)c(=S)[nH]2)cc1OC. The van der Waals surface area contributed by atoms with Crippen LogP contribution in [-0.4, -0.2) is 19.2 Å². The zero-order chi connectivity index (χ0) is 17.0. The van der Waals surface area contributed by atoms with E-state index in [1.54, 1.807) is 24.3 Å². The van der Waals surface area contributed by atoms with Crippen LogP contribution in [0.15, 0.2) is 24.3 Å². The molecule has 0 aliphatic rings. The Morgan fingerprint density at radius 1 is 1.22 bits per heavy atom. The molecule has 2 rings (SSSR count). The van der Waals surface area contributed by atoms with Crippen LogP contribution in [-0.2, 0) is 6.42 Å². The molecule has 4 nitrogen and oxygen atoms in total. The normalized spacial score (nSPS) is 10.4. The fourth-order valence-corrected chi connectivity index (χ4v) is 2.52. The lowest BCUT2D eigenvalue weighted by molar-refractivity contribution is 0.151. The minimum atomic E-state index is -2.76. The van der Waals surface area contributed by atoms with Gasteiger partial charge >= 0.3 is 0 Å². The summed E-state index contributed by atoms with van der Waals surface area (Å²) in [7, 11) is 3.05. The van der Waals surface area contributed by atoms with Gasteiger partial charge in [0.25, 0.3) is 6.43 Å². The molecule has 1 aromatic carbocycles. The Bertz CT molecular complexity index is 813. The van der Waals surface area contributed by atoms with E-state index in [4.69, 9.17) is 27.0 Å². The molecular weight excluding hydrogens is 322 g/mol. The van der Waals surface area contributed by atoms with Crippen LogP contribution < -0.4 is 9.47 Å². The summed E-state index contributed by atoms with van der Waals surface area (Å²) in [5.41, 5.74) is 0.785. The number of benzene rings is 1. The van der Waals surface area contributed by atoms with Crippen molar-refractivity contribution in [3.05, 3.63) is 51.3 Å². The number of nitrogens with zero attached hydrogens (tertiary/aromatic N) is 1. The molecule has 1 heterocycles. The minimum Gasteiger partial charge on any atom is -0.493 e. The maximum atomic E-state index is 13.1. The molecule has 1 N–H and O–H groups in total. The number of H-pyrrole nitrogens is 1. The first-order chi connectivity index (χ1) is 11.0. The van der Waals surface area contributed by atoms with Crippen LogP contribution in [0.2, 0.25) is 0 Å². The Morgan fingerprint density at radius 3 is 2.48 bits per heavy atom. The predicted octanol–water partition coefficient (Wildman–Crippen LogP) is 4.16. The van der Waals surface area contributed by atoms with E-state index >= 15 is 0 Å². The smallest absolute Gasteiger partial charge is 0.265 e. The summed E-state index contributed by atoms with van der Waals surface area (Å²) < 4.78 is 36.6. The maximum absolute atomic E-state index is 13.1. The molecule has 1 aromatic heterocycles. The van der Waals surface area contributed by atoms with E-state index in [2.05, 4.69) is 4.98 Å². The first-order valence-corrected chi connectivity index (χ1v) is 7.06. The van der Waals surface area contributed by atoms with Crippen molar-refractivity contribution in [1.29, 1.82) is 5.26 Å². The van der Waals surface area contributed by atoms with E-state index in [9.17, 15) is 8.78 Å². The molecule has 7 heteroatoms. The number of ether oxygens (including phenoxy) is 2. The molecule has 23 heavy (non-hydrogen) atoms. The number of rotatable bonds is 5. The molecule has 0 spiro atoms. The third kappa shape index (κ3) is 3.66. The zero-order valence-electron chi connectivity index (χ0n) is 12.5. The lowest BCUT2D eigenvalue weighted by atomic mass is 10.0. The standard InChI is InChI=1S/C16H14F2N2O2S/c1-21-13-4-3-9(6-14(13)22-2)5-10-7-11(15(17)18)12(8-19)16(23)20-10/h3-4,6-7,15H,5H2,1-2H3,(H,20,23). The molecular formula is C16H14F2N2O2S. The number of halogens is 2. The molecule has 0 aliphatic carbocycles. The Labute approximate surface area is 137 Å². The van der Waals surface area contributed by atoms with Crippen molar-refractivity contribution in [2.75, 3.05) is 14.2 Å². The maximum Gasteiger partial charge on any atom is 0.265 e. The second-order valence-corrected chi connectivity index (χ2v) is 5.14. The van der Waals surface area contributed by atoms with Crippen molar-refractivity contribution >= 4 is 12.2 Å². The number of methoxy groups -OCH3 is 2. The highest BCUT2D eigenvalue weighted by Gasteiger charge is 2.16. The van der Waals surface area contributed by atoms with Gasteiger partial charge in [-0.15, -0.1) is 0 Å². The number of aromatic nitrogens is 1. The largest absolute Gasteiger partial charge is 0.493 e. The molecule has 0 bridgehead atoms. The highest BCUT2D eigenvalue weighted by atomic mass is 32.1. The number of pyridine rings is 1. The zero-order valence-corrected chi connectivity index (χ0v) is 13.3. The summed E-state index contributed by atoms with van der Waals surface area (Å²) in [5.74, 6) is 1.13. The van der Waals surface area contributed by atoms with Gasteiger partial charge in [-0.2, -0.15) is 5.26 Å². The second kappa shape index (κ2) is 7.20. The Kier molecular flexibility index (Phi) is 5.29. The fourth-order valence-electron chi connectivity index (χ4n) is 2.23. The number of hydrogen-bond donors (Lipinski definition) is 1. The van der Waals surface area contributed by atoms with E-state index in [1.807, 2.05) is 0 Å². The molecule has 2 aromatic rings. The third-order valence-electron chi connectivity index (χ3n) is 3.31. The highest BCUT2D eigenvalue weighted by Crippen LogP contribution is 2.29. The van der Waals surface area contributed by atoms with Crippen molar-refractivity contribution in [3.8, 4) is 17.6 Å². The van der Waals surface area contributed by atoms with Gasteiger partial charge < -0.3 is 14.5 Å². The van der Waals surface area contributed by atoms with Crippen molar-refractivity contribution in [1.82, 2.24) is 4.98 Å². The van der Waals surface area contributed by atoms with Crippen LogP contribution in [0.3, 0.4) is 0 Å². The van der Waals surface area contributed by atoms with Crippen LogP contribution >= 0.6 is 12.2 Å². The van der Waals surface area contributed by atoms with E-state index < -0.39 is 6.43 Å². The summed E-state index contributed by atoms with van der Waals surface area (Å²) in [5, 5.41) is 8.95. The Morgan fingerprint density at radius 2 is 1.91 bits per heavy atom. The van der Waals surface area contributed by atoms with E-state index in [0.717, 1.165) is 5.56 Å². The van der Waals surface area contributed by atoms with E-state index in [0.29, 0.717) is 23.6 Å². The summed E-state index contributed by atoms with van der Waals surface area (Å²) in [6.45, 7) is 0. The summed E-state index contributed by atoms with van der Waals surface area (Å²) in [6, 6.07) is 8.29. The third-order valence-corrected chi connectivity index (χ3v) is 3.62. The molecule has 0 fully saturated rings. The number of hydrogen-bond acceptors (Lipinski definition) is 4. The highest BCUT2D eigenvalue weighted by molar-refractivity contribution is 7.71. The number of nitriles is 1. The van der Waals surface area contributed by atoms with Crippen molar-refractivity contribution in [2.24, 2.45) is 0 Å². The molecule has 0 aliphatic heterocycles. The number of alkyl halides is 2. The summed E-state index contributed by atoms with van der Waals surface area (Å²) in [4.78, 5) is 2.82. The van der Waals surface area contributed by atoms with Gasteiger partial charge in [-0.05, 0) is 23.8 Å². The van der Waals surface area contributed by atoms with Gasteiger partial charge in [-0.3, -0.25) is 0 Å². The molecule has 0 unspecified atom stereocenters. The van der Waals surface area contributed by atoms with Crippen molar-refractivity contribution in [2.45, 2.75) is 12.8 Å². The lowest BCUT2D eigenvalue weighted by Crippen LogP contribution is -2.01. The van der Waals surface area contributed by atoms with Crippen LogP contribution in [0.5, 0.6) is 11.5 Å². The first-order valence-electron chi connectivity index (χ1n) is 6.65. The van der Waals surface area contributed by atoms with Crippen LogP contribution in [0.25, 0.3) is 0 Å². The van der Waals surface area contributed by atoms with Crippen LogP contribution in [0, 0.1) is 16.0 Å². The topological polar surface area (TPSA) is 58.0 Å². The number of nitrogens with one attached hydrogen (secondary N) is 1. The number of aromatic amines is 1. The van der Waals surface area contributed by atoms with Gasteiger partial charge in [0.15, 0.2) is 11.5 Å². The Hall–Kier alpha value is -2.46. The van der Waals surface area contributed by atoms with Crippen molar-refractivity contribution in [3.63, 3.8) is 0 Å². The Balaban J connectivity index is 2.41. The predicted molar refractivity (Wildman–Crippen MR) is 83.7 cm³/mol. The molecule has 120 valence electrons. The van der Waals surface area contributed by atoms with Gasteiger partial charge in [-0.25, -0.2) is 8.78 Å². The van der Waals surface area contributed by atoms with Crippen LogP contribution in [0.1, 0.15) is 28.8 Å². The minimum absolute atomic E-state index is 0.0146. The molecule has 0 atom stereocenters. The average molecular weight is 336 g/mol. The summed E-state index contributed by atoms with van der Waals surface area (Å²) >= 11 is 4.99. The fraction of sp³-hybridized carbons (Fsp3) is 0.250. The molecule has 0 radical (unpaired) electrons. The van der Waals surface area contributed by atoms with E-state index in [1.165, 1.54) is 20.3 Å². The van der Waals surface area contributed by atoms with Gasteiger partial charge in [0.1, 0.15) is 10.7 Å². The van der Waals surface area contributed by atoms with Gasteiger partial charge in [0.05, 0.1) is 19.8 Å². The van der Waals surface area contributed by atoms with Crippen LogP contribution in [0.4, 0.5) is 8.78 Å². The summed E-state index contributed by atoms with van der Waals surface area (Å²) in [6.07, 6.45) is -2.42. The lowest BCUT2D eigenvalue weighted by Gasteiger charge is -2.11. The molecule has 0 amide bonds. The monoisotopic (exact) mass is 336 g/mol. The van der Waals surface area contributed by atoms with Gasteiger partial charge in [0.2, 0.25) is 0 Å². The average Bonchev–Trinajstić information content (AvgIpc) is 2.54. The van der Waals surface area contributed by atoms with Gasteiger partial charge in [0, 0.05) is 17.7 Å². The quantitative estimate of drug-likeness (QED) is 0.833. The molecule has 0 saturated heterocycles. The molecule has 0 saturated carbocycles.